The molecule has 0 bridgehead atoms. The number of imidazole rings is 1. The van der Waals surface area contributed by atoms with Crippen LogP contribution in [0.5, 0.6) is 0 Å². The van der Waals surface area contributed by atoms with Crippen molar-refractivity contribution in [2.45, 2.75) is 26.8 Å². The lowest BCUT2D eigenvalue weighted by Crippen LogP contribution is -2.39. The Morgan fingerprint density at radius 2 is 1.95 bits per heavy atom. The highest BCUT2D eigenvalue weighted by Gasteiger charge is 2.25. The van der Waals surface area contributed by atoms with Gasteiger partial charge in [-0.1, -0.05) is 13.8 Å². The maximum atomic E-state index is 5.14. The van der Waals surface area contributed by atoms with Crippen LogP contribution in [-0.4, -0.2) is 46.3 Å². The molecule has 1 saturated heterocycles. The predicted molar refractivity (Wildman–Crippen MR) is 82.4 cm³/mol. The van der Waals surface area contributed by atoms with Gasteiger partial charge in [0.05, 0.1) is 12.9 Å². The Balaban J connectivity index is 1.93. The van der Waals surface area contributed by atoms with Crippen LogP contribution in [0.4, 0.5) is 5.82 Å². The fourth-order valence-electron chi connectivity index (χ4n) is 3.29. The molecule has 114 valence electrons. The zero-order valence-electron chi connectivity index (χ0n) is 13.0. The lowest BCUT2D eigenvalue weighted by atomic mass is 9.92. The van der Waals surface area contributed by atoms with E-state index in [4.69, 9.17) is 4.74 Å². The van der Waals surface area contributed by atoms with Crippen molar-refractivity contribution < 1.29 is 4.74 Å². The smallest absolute Gasteiger partial charge is 0.165 e. The van der Waals surface area contributed by atoms with Crippen LogP contribution >= 0.6 is 0 Å². The van der Waals surface area contributed by atoms with Gasteiger partial charge in [-0.05, 0) is 18.3 Å². The van der Waals surface area contributed by atoms with Crippen molar-refractivity contribution >= 4 is 17.0 Å². The van der Waals surface area contributed by atoms with Crippen molar-refractivity contribution in [2.75, 3.05) is 31.7 Å². The Hall–Kier alpha value is -1.69. The minimum Gasteiger partial charge on any atom is -0.383 e. The predicted octanol–water partition coefficient (Wildman–Crippen LogP) is 1.95. The summed E-state index contributed by atoms with van der Waals surface area (Å²) >= 11 is 0. The van der Waals surface area contributed by atoms with Crippen molar-refractivity contribution in [1.29, 1.82) is 0 Å². The summed E-state index contributed by atoms with van der Waals surface area (Å²) in [7, 11) is 1.70. The van der Waals surface area contributed by atoms with E-state index in [1.807, 2.05) is 10.9 Å². The summed E-state index contributed by atoms with van der Waals surface area (Å²) < 4.78 is 7.16. The quantitative estimate of drug-likeness (QED) is 0.861. The molecule has 2 aromatic rings. The second-order valence-corrected chi connectivity index (χ2v) is 6.15. The maximum absolute atomic E-state index is 5.14. The molecule has 0 amide bonds. The minimum absolute atomic E-state index is 0.655. The number of nitrogens with zero attached hydrogens (tertiary/aromatic N) is 5. The second-order valence-electron chi connectivity index (χ2n) is 6.15. The number of aromatic nitrogens is 4. The largest absolute Gasteiger partial charge is 0.383 e. The highest BCUT2D eigenvalue weighted by molar-refractivity contribution is 5.83. The third-order valence-electron chi connectivity index (χ3n) is 4.09. The van der Waals surface area contributed by atoms with Crippen LogP contribution in [0.15, 0.2) is 12.7 Å². The molecule has 6 heteroatoms. The van der Waals surface area contributed by atoms with E-state index < -0.39 is 0 Å². The van der Waals surface area contributed by atoms with Crippen molar-refractivity contribution in [2.24, 2.45) is 11.8 Å². The average molecular weight is 289 g/mol. The van der Waals surface area contributed by atoms with Crippen molar-refractivity contribution in [3.63, 3.8) is 0 Å². The molecular formula is C15H23N5O. The van der Waals surface area contributed by atoms with Crippen LogP contribution in [0.1, 0.15) is 20.3 Å². The highest BCUT2D eigenvalue weighted by atomic mass is 16.5. The number of piperidine rings is 1. The summed E-state index contributed by atoms with van der Waals surface area (Å²) in [5.74, 6) is 2.35. The van der Waals surface area contributed by atoms with Crippen LogP contribution < -0.4 is 4.90 Å². The summed E-state index contributed by atoms with van der Waals surface area (Å²) in [5.41, 5.74) is 1.79. The van der Waals surface area contributed by atoms with Crippen molar-refractivity contribution in [1.82, 2.24) is 19.5 Å². The summed E-state index contributed by atoms with van der Waals surface area (Å²) in [6, 6.07) is 0. The van der Waals surface area contributed by atoms with Crippen molar-refractivity contribution in [3.05, 3.63) is 12.7 Å². The van der Waals surface area contributed by atoms with Crippen molar-refractivity contribution in [3.8, 4) is 0 Å². The number of hydrogen-bond acceptors (Lipinski definition) is 5. The molecule has 2 atom stereocenters. The molecule has 0 radical (unpaired) electrons. The van der Waals surface area contributed by atoms with Gasteiger partial charge < -0.3 is 14.2 Å². The van der Waals surface area contributed by atoms with Gasteiger partial charge in [-0.3, -0.25) is 0 Å². The summed E-state index contributed by atoms with van der Waals surface area (Å²) in [6.07, 6.45) is 4.76. The summed E-state index contributed by atoms with van der Waals surface area (Å²) in [6.45, 7) is 8.11. The molecule has 2 aromatic heterocycles. The first-order valence-corrected chi connectivity index (χ1v) is 7.58. The van der Waals surface area contributed by atoms with Gasteiger partial charge in [0.25, 0.3) is 0 Å². The lowest BCUT2D eigenvalue weighted by Gasteiger charge is -2.35. The first kappa shape index (κ1) is 14.3. The Labute approximate surface area is 125 Å². The Morgan fingerprint density at radius 1 is 1.19 bits per heavy atom. The monoisotopic (exact) mass is 289 g/mol. The number of fused-ring (bicyclic) bond motifs is 1. The molecule has 0 aliphatic carbocycles. The van der Waals surface area contributed by atoms with E-state index in [0.717, 1.165) is 36.6 Å². The highest BCUT2D eigenvalue weighted by Crippen LogP contribution is 2.28. The third-order valence-corrected chi connectivity index (χ3v) is 4.09. The number of anilines is 1. The lowest BCUT2D eigenvalue weighted by molar-refractivity contribution is 0.188. The van der Waals surface area contributed by atoms with Gasteiger partial charge in [0, 0.05) is 26.7 Å². The van der Waals surface area contributed by atoms with Gasteiger partial charge in [-0.2, -0.15) is 0 Å². The second kappa shape index (κ2) is 5.97. The zero-order chi connectivity index (χ0) is 14.8. The van der Waals surface area contributed by atoms with Crippen LogP contribution in [-0.2, 0) is 11.3 Å². The Bertz CT molecular complexity index is 601. The number of rotatable bonds is 4. The molecular weight excluding hydrogens is 266 g/mol. The molecule has 21 heavy (non-hydrogen) atoms. The van der Waals surface area contributed by atoms with E-state index in [9.17, 15) is 0 Å². The Morgan fingerprint density at radius 3 is 2.67 bits per heavy atom. The van der Waals surface area contributed by atoms with E-state index >= 15 is 0 Å². The van der Waals surface area contributed by atoms with Crippen LogP contribution in [0.25, 0.3) is 11.2 Å². The Kier molecular flexibility index (Phi) is 4.05. The fourth-order valence-corrected chi connectivity index (χ4v) is 3.29. The zero-order valence-corrected chi connectivity index (χ0v) is 13.0. The van der Waals surface area contributed by atoms with Crippen LogP contribution in [0.3, 0.4) is 0 Å². The summed E-state index contributed by atoms with van der Waals surface area (Å²) in [4.78, 5) is 15.8. The number of methoxy groups -OCH3 is 1. The molecule has 3 rings (SSSR count). The molecule has 0 spiro atoms. The van der Waals surface area contributed by atoms with Gasteiger partial charge in [-0.25, -0.2) is 15.0 Å². The van der Waals surface area contributed by atoms with E-state index in [2.05, 4.69) is 33.7 Å². The number of hydrogen-bond donors (Lipinski definition) is 0. The maximum Gasteiger partial charge on any atom is 0.165 e. The summed E-state index contributed by atoms with van der Waals surface area (Å²) in [5, 5.41) is 0. The van der Waals surface area contributed by atoms with Gasteiger partial charge in [0.15, 0.2) is 17.0 Å². The number of ether oxygens (including phenoxy) is 1. The minimum atomic E-state index is 0.655. The topological polar surface area (TPSA) is 56.1 Å². The SMILES string of the molecule is COCCn1cnc2c(N3CC(C)CC(C)C3)ncnc21. The molecule has 3 heterocycles. The third kappa shape index (κ3) is 2.85. The molecule has 1 aliphatic heterocycles. The van der Waals surface area contributed by atoms with Crippen LogP contribution in [0, 0.1) is 11.8 Å². The van der Waals surface area contributed by atoms with Crippen LogP contribution in [0.2, 0.25) is 0 Å². The molecule has 0 aromatic carbocycles. The molecule has 1 fully saturated rings. The van der Waals surface area contributed by atoms with Gasteiger partial charge in [0.1, 0.15) is 6.33 Å². The average Bonchev–Trinajstić information content (AvgIpc) is 2.87. The standard InChI is InChI=1S/C15H23N5O/c1-11-6-12(2)8-20(7-11)15-13-14(16-9-17-15)19(10-18-13)4-5-21-3/h9-12H,4-8H2,1-3H3. The van der Waals surface area contributed by atoms with E-state index in [-0.39, 0.29) is 0 Å². The van der Waals surface area contributed by atoms with Gasteiger partial charge >= 0.3 is 0 Å². The fraction of sp³-hybridized carbons (Fsp3) is 0.667. The van der Waals surface area contributed by atoms with E-state index in [1.54, 1.807) is 13.4 Å². The van der Waals surface area contributed by atoms with Gasteiger partial charge in [0.2, 0.25) is 0 Å². The molecule has 6 nitrogen and oxygen atoms in total. The normalized spacial score (nSPS) is 22.9. The molecule has 2 unspecified atom stereocenters. The first-order chi connectivity index (χ1) is 10.2. The van der Waals surface area contributed by atoms with Gasteiger partial charge in [-0.15, -0.1) is 0 Å². The molecule has 0 N–H and O–H groups in total. The first-order valence-electron chi connectivity index (χ1n) is 7.58. The van der Waals surface area contributed by atoms with E-state index in [1.165, 1.54) is 6.42 Å². The molecule has 0 saturated carbocycles. The van der Waals surface area contributed by atoms with E-state index in [0.29, 0.717) is 18.4 Å². The molecule has 1 aliphatic rings.